The van der Waals surface area contributed by atoms with Gasteiger partial charge in [-0.05, 0) is 61.7 Å². The summed E-state index contributed by atoms with van der Waals surface area (Å²) in [5.41, 5.74) is 3.48. The van der Waals surface area contributed by atoms with E-state index >= 15 is 0 Å². The van der Waals surface area contributed by atoms with Crippen molar-refractivity contribution in [3.05, 3.63) is 58.1 Å². The Labute approximate surface area is 160 Å². The molecule has 0 aliphatic rings. The zero-order chi connectivity index (χ0) is 19.5. The lowest BCUT2D eigenvalue weighted by atomic mass is 10.1. The highest BCUT2D eigenvalue weighted by molar-refractivity contribution is 7.89. The highest BCUT2D eigenvalue weighted by Crippen LogP contribution is 2.22. The second-order valence-electron chi connectivity index (χ2n) is 6.27. The third-order valence-electron chi connectivity index (χ3n) is 4.10. The van der Waals surface area contributed by atoms with Gasteiger partial charge >= 0.3 is 0 Å². The Kier molecular flexibility index (Phi) is 6.44. The predicted molar refractivity (Wildman–Crippen MR) is 105 cm³/mol. The van der Waals surface area contributed by atoms with Crippen molar-refractivity contribution in [2.24, 2.45) is 0 Å². The molecule has 0 spiro atoms. The van der Waals surface area contributed by atoms with Crippen LogP contribution in [-0.4, -0.2) is 27.4 Å². The van der Waals surface area contributed by atoms with Gasteiger partial charge in [-0.1, -0.05) is 23.7 Å². The summed E-state index contributed by atoms with van der Waals surface area (Å²) in [5, 5.41) is 0.515. The fraction of sp³-hybridized carbons (Fsp3) is 0.316. The molecule has 2 aromatic carbocycles. The standard InChI is InChI=1S/C19H23ClN2O3S/c1-13-5-6-14(2)19(11-13)22(16(4)23)10-9-21-26(24,25)17-7-8-18(20)15(3)12-17/h5-8,11-12,21H,9-10H2,1-4H3. The highest BCUT2D eigenvalue weighted by Gasteiger charge is 2.18. The molecule has 0 saturated heterocycles. The Morgan fingerprint density at radius 2 is 1.77 bits per heavy atom. The molecule has 0 bridgehead atoms. The maximum atomic E-state index is 12.4. The highest BCUT2D eigenvalue weighted by atomic mass is 35.5. The Morgan fingerprint density at radius 3 is 2.38 bits per heavy atom. The third-order valence-corrected chi connectivity index (χ3v) is 5.99. The first-order valence-corrected chi connectivity index (χ1v) is 10.1. The van der Waals surface area contributed by atoms with Gasteiger partial charge in [-0.15, -0.1) is 0 Å². The topological polar surface area (TPSA) is 66.5 Å². The number of benzene rings is 2. The first-order chi connectivity index (χ1) is 12.1. The van der Waals surface area contributed by atoms with Crippen molar-refractivity contribution in [3.63, 3.8) is 0 Å². The zero-order valence-electron chi connectivity index (χ0n) is 15.3. The average Bonchev–Trinajstić information content (AvgIpc) is 2.56. The van der Waals surface area contributed by atoms with Crippen LogP contribution >= 0.6 is 11.6 Å². The molecule has 0 unspecified atom stereocenters. The van der Waals surface area contributed by atoms with Crippen molar-refractivity contribution in [3.8, 4) is 0 Å². The van der Waals surface area contributed by atoms with Crippen LogP contribution in [0.25, 0.3) is 0 Å². The maximum Gasteiger partial charge on any atom is 0.240 e. The van der Waals surface area contributed by atoms with Crippen LogP contribution in [0.1, 0.15) is 23.6 Å². The second kappa shape index (κ2) is 8.20. The lowest BCUT2D eigenvalue weighted by Crippen LogP contribution is -2.38. The number of nitrogens with zero attached hydrogens (tertiary/aromatic N) is 1. The number of halogens is 1. The summed E-state index contributed by atoms with van der Waals surface area (Å²) in [6.45, 7) is 7.44. The minimum absolute atomic E-state index is 0.108. The smallest absolute Gasteiger partial charge is 0.240 e. The van der Waals surface area contributed by atoms with Crippen LogP contribution in [0.2, 0.25) is 5.02 Å². The van der Waals surface area contributed by atoms with Crippen molar-refractivity contribution >= 4 is 33.2 Å². The lowest BCUT2D eigenvalue weighted by molar-refractivity contribution is -0.116. The minimum Gasteiger partial charge on any atom is -0.311 e. The predicted octanol–water partition coefficient (Wildman–Crippen LogP) is 3.60. The summed E-state index contributed by atoms with van der Waals surface area (Å²) < 4.78 is 27.4. The van der Waals surface area contributed by atoms with Gasteiger partial charge in [0.1, 0.15) is 0 Å². The number of sulfonamides is 1. The molecular weight excluding hydrogens is 372 g/mol. The van der Waals surface area contributed by atoms with Crippen molar-refractivity contribution in [1.29, 1.82) is 0 Å². The molecule has 0 fully saturated rings. The molecule has 26 heavy (non-hydrogen) atoms. The van der Waals surface area contributed by atoms with Gasteiger partial charge in [-0.3, -0.25) is 4.79 Å². The Hall–Kier alpha value is -1.89. The van der Waals surface area contributed by atoms with Crippen LogP contribution in [0.4, 0.5) is 5.69 Å². The molecule has 0 aliphatic carbocycles. The van der Waals surface area contributed by atoms with E-state index in [2.05, 4.69) is 4.72 Å². The number of aryl methyl sites for hydroxylation is 3. The van der Waals surface area contributed by atoms with E-state index in [-0.39, 0.29) is 23.9 Å². The van der Waals surface area contributed by atoms with Crippen LogP contribution in [0.5, 0.6) is 0 Å². The Morgan fingerprint density at radius 1 is 1.08 bits per heavy atom. The molecule has 140 valence electrons. The number of anilines is 1. The van der Waals surface area contributed by atoms with Gasteiger partial charge in [0, 0.05) is 30.7 Å². The molecule has 0 radical (unpaired) electrons. The van der Waals surface area contributed by atoms with Crippen LogP contribution in [0, 0.1) is 20.8 Å². The summed E-state index contributed by atoms with van der Waals surface area (Å²) in [4.78, 5) is 13.8. The number of carbonyl (C=O) groups excluding carboxylic acids is 1. The van der Waals surface area contributed by atoms with E-state index in [0.29, 0.717) is 10.6 Å². The number of rotatable bonds is 6. The molecule has 0 saturated carbocycles. The van der Waals surface area contributed by atoms with Gasteiger partial charge in [0.2, 0.25) is 15.9 Å². The van der Waals surface area contributed by atoms with Gasteiger partial charge in [-0.25, -0.2) is 13.1 Å². The molecule has 1 amide bonds. The summed E-state index contributed by atoms with van der Waals surface area (Å²) in [6, 6.07) is 10.4. The number of nitrogens with one attached hydrogen (secondary N) is 1. The fourth-order valence-corrected chi connectivity index (χ4v) is 3.84. The van der Waals surface area contributed by atoms with E-state index in [1.54, 1.807) is 17.9 Å². The molecule has 0 aromatic heterocycles. The molecule has 2 aromatic rings. The molecular formula is C19H23ClN2O3S. The van der Waals surface area contributed by atoms with Crippen molar-refractivity contribution < 1.29 is 13.2 Å². The van der Waals surface area contributed by atoms with Crippen LogP contribution in [0.3, 0.4) is 0 Å². The number of amides is 1. The number of hydrogen-bond donors (Lipinski definition) is 1. The third kappa shape index (κ3) is 4.84. The van der Waals surface area contributed by atoms with Gasteiger partial charge in [0.05, 0.1) is 4.90 Å². The maximum absolute atomic E-state index is 12.4. The normalized spacial score (nSPS) is 11.4. The fourth-order valence-electron chi connectivity index (χ4n) is 2.62. The van der Waals surface area contributed by atoms with Crippen molar-refractivity contribution in [1.82, 2.24) is 4.72 Å². The molecule has 0 aliphatic heterocycles. The van der Waals surface area contributed by atoms with E-state index in [9.17, 15) is 13.2 Å². The number of carbonyl (C=O) groups is 1. The lowest BCUT2D eigenvalue weighted by Gasteiger charge is -2.23. The molecule has 0 atom stereocenters. The van der Waals surface area contributed by atoms with Crippen LogP contribution in [0.15, 0.2) is 41.3 Å². The second-order valence-corrected chi connectivity index (χ2v) is 8.44. The van der Waals surface area contributed by atoms with Gasteiger partial charge in [-0.2, -0.15) is 0 Å². The van der Waals surface area contributed by atoms with Gasteiger partial charge in [0.15, 0.2) is 0 Å². The SMILES string of the molecule is CC(=O)N(CCNS(=O)(=O)c1ccc(Cl)c(C)c1)c1cc(C)ccc1C. The molecule has 0 heterocycles. The van der Waals surface area contributed by atoms with Crippen LogP contribution < -0.4 is 9.62 Å². The Bertz CT molecular complexity index is 926. The summed E-state index contributed by atoms with van der Waals surface area (Å²) >= 11 is 5.95. The molecule has 7 heteroatoms. The summed E-state index contributed by atoms with van der Waals surface area (Å²) in [5.74, 6) is -0.139. The largest absolute Gasteiger partial charge is 0.311 e. The van der Waals surface area contributed by atoms with E-state index in [1.165, 1.54) is 19.1 Å². The van der Waals surface area contributed by atoms with Crippen molar-refractivity contribution in [2.45, 2.75) is 32.6 Å². The molecule has 1 N–H and O–H groups in total. The van der Waals surface area contributed by atoms with E-state index < -0.39 is 10.0 Å². The molecule has 2 rings (SSSR count). The first-order valence-electron chi connectivity index (χ1n) is 8.23. The summed E-state index contributed by atoms with van der Waals surface area (Å²) in [6.07, 6.45) is 0. The summed E-state index contributed by atoms with van der Waals surface area (Å²) in [7, 11) is -3.67. The van der Waals surface area contributed by atoms with E-state index in [0.717, 1.165) is 16.8 Å². The Balaban J connectivity index is 2.13. The van der Waals surface area contributed by atoms with E-state index in [4.69, 9.17) is 11.6 Å². The van der Waals surface area contributed by atoms with Gasteiger partial charge < -0.3 is 4.90 Å². The zero-order valence-corrected chi connectivity index (χ0v) is 16.9. The monoisotopic (exact) mass is 394 g/mol. The van der Waals surface area contributed by atoms with Gasteiger partial charge in [0.25, 0.3) is 0 Å². The average molecular weight is 395 g/mol. The molecule has 5 nitrogen and oxygen atoms in total. The first kappa shape index (κ1) is 20.4. The number of hydrogen-bond acceptors (Lipinski definition) is 3. The van der Waals surface area contributed by atoms with E-state index in [1.807, 2.05) is 32.0 Å². The van der Waals surface area contributed by atoms with Crippen LogP contribution in [-0.2, 0) is 14.8 Å². The minimum atomic E-state index is -3.67. The quantitative estimate of drug-likeness (QED) is 0.814. The van der Waals surface area contributed by atoms with Crippen molar-refractivity contribution in [2.75, 3.05) is 18.0 Å².